The van der Waals surface area contributed by atoms with E-state index in [-0.39, 0.29) is 45.3 Å². The summed E-state index contributed by atoms with van der Waals surface area (Å²) in [5, 5.41) is 5.43. The highest BCUT2D eigenvalue weighted by Crippen LogP contribution is 2.37. The van der Waals surface area contributed by atoms with Crippen molar-refractivity contribution in [3.63, 3.8) is 0 Å². The van der Waals surface area contributed by atoms with Crippen LogP contribution in [-0.4, -0.2) is 0 Å². The summed E-state index contributed by atoms with van der Waals surface area (Å²) in [6.45, 7) is 99.8. The lowest BCUT2D eigenvalue weighted by molar-refractivity contribution is 0.469. The molecule has 0 amide bonds. The van der Waals surface area contributed by atoms with E-state index in [2.05, 4.69) is 428 Å². The second kappa shape index (κ2) is 52.6. The highest BCUT2D eigenvalue weighted by Gasteiger charge is 2.22. The Labute approximate surface area is 670 Å². The third-order valence-corrected chi connectivity index (χ3v) is 15.4. The summed E-state index contributed by atoms with van der Waals surface area (Å²) in [6.07, 6.45) is 0. The lowest BCUT2D eigenvalue weighted by atomic mass is 9.80. The zero-order valence-corrected chi connectivity index (χ0v) is 78.6. The minimum absolute atomic E-state index is 0. The molecule has 0 spiro atoms. The molecule has 0 saturated heterocycles. The number of fused-ring (bicyclic) bond motifs is 2. The minimum atomic E-state index is 0. The predicted octanol–water partition coefficient (Wildman–Crippen LogP) is 36.4. The van der Waals surface area contributed by atoms with Crippen LogP contribution in [0.2, 0.25) is 0 Å². The first-order chi connectivity index (χ1) is 48.7. The molecule has 0 heterocycles. The normalized spacial score (nSPS) is 11.0. The number of rotatable bonds is 2. The first-order valence-corrected chi connectivity index (χ1v) is 41.2. The molecule has 0 unspecified atom stereocenters. The molecule has 0 aliphatic carbocycles. The fourth-order valence-electron chi connectivity index (χ4n) is 9.85. The summed E-state index contributed by atoms with van der Waals surface area (Å²) in [4.78, 5) is 0. The SMILES string of the molecule is C.CC.CC.CC.CC.CC.CC.CC.CC(C)(C)C.CC(C)(C)C.CC(C)(C)c1ccc2ccc(C(C)(C)C)cc2c1.CC(C)(C)c1ccc2cccc(C(C)(C)C)c2c1.CC(C)(C)c1cccc(-c2cccc(C(C)(C)C)c2)c1.CC(C)(C)c1ccccc1.CC(C)(C)c1ccccc1-c1ccccc1. The standard InChI is InChI=1S/C20H26.2C18H24.C16H18.C10H14.2C5H12.7C2H6.CH4/c1-19(2,3)17-11-7-9-15(13-17)16-10-8-12-18(14-16)20(4,5)6;1-17(2,3)15-9-7-13-8-10-16(18(4,5)6)12-14(13)11-15;1-17(2,3)14-11-10-13-8-7-9-16(15(13)12-14)18(4,5)6;1-16(2,3)15-12-8-7-11-14(15)13-9-5-4-6-10-13;1-10(2,3)9-7-5-4-6-8-9;2*1-5(2,3)4;7*1-2;/h7-14H,1-6H3;2*7-12H,1-6H3;4-12H,1-3H3;4-8H,1-3H3;2*1-4H3;7*1-2H3;1H4. The van der Waals surface area contributed by atoms with Gasteiger partial charge in [-0.15, -0.1) is 0 Å². The van der Waals surface area contributed by atoms with E-state index in [1.54, 1.807) is 0 Å². The summed E-state index contributed by atoms with van der Waals surface area (Å²) in [6, 6.07) is 74.8. The second-order valence-corrected chi connectivity index (χ2v) is 37.0. The van der Waals surface area contributed by atoms with Gasteiger partial charge in [-0.2, -0.15) is 0 Å². The summed E-state index contributed by atoms with van der Waals surface area (Å²) < 4.78 is 0. The van der Waals surface area contributed by atoms with Crippen LogP contribution in [0.25, 0.3) is 43.8 Å². The molecule has 0 fully saturated rings. The Kier molecular flexibility index (Phi) is 54.7. The van der Waals surface area contributed by atoms with Crippen LogP contribution in [0, 0.1) is 10.8 Å². The van der Waals surface area contributed by atoms with E-state index in [0.717, 1.165) is 0 Å². The molecule has 0 heteroatoms. The largest absolute Gasteiger partial charge is 0.0776 e. The second-order valence-electron chi connectivity index (χ2n) is 37.0. The lowest BCUT2D eigenvalue weighted by Crippen LogP contribution is -2.13. The first kappa shape index (κ1) is 111. The van der Waals surface area contributed by atoms with Gasteiger partial charge in [0.2, 0.25) is 0 Å². The summed E-state index contributed by atoms with van der Waals surface area (Å²) in [7, 11) is 0. The van der Waals surface area contributed by atoms with E-state index in [9.17, 15) is 0 Å². The third kappa shape index (κ3) is 47.2. The number of hydrogen-bond acceptors (Lipinski definition) is 0. The van der Waals surface area contributed by atoms with Gasteiger partial charge in [0.25, 0.3) is 0 Å². The van der Waals surface area contributed by atoms with Crippen LogP contribution in [0.3, 0.4) is 0 Å². The van der Waals surface area contributed by atoms with Crippen molar-refractivity contribution in [2.75, 3.05) is 0 Å². The Morgan fingerprint density at radius 3 is 0.720 bits per heavy atom. The van der Waals surface area contributed by atoms with Gasteiger partial charge in [-0.3, -0.25) is 0 Å². The van der Waals surface area contributed by atoms with Gasteiger partial charge in [0.05, 0.1) is 0 Å². The van der Waals surface area contributed by atoms with Gasteiger partial charge in [-0.05, 0) is 142 Å². The zero-order chi connectivity index (χ0) is 84.3. The molecule has 0 aliphatic heterocycles. The molecule has 0 bridgehead atoms. The van der Waals surface area contributed by atoms with Crippen molar-refractivity contribution in [2.45, 2.75) is 369 Å². The van der Waals surface area contributed by atoms with E-state index < -0.39 is 0 Å². The summed E-state index contributed by atoms with van der Waals surface area (Å²) >= 11 is 0. The first-order valence-electron chi connectivity index (χ1n) is 41.2. The Bertz CT molecular complexity index is 3510. The molecular weight excluding hydrogens is 1290 g/mol. The molecule has 0 radical (unpaired) electrons. The third-order valence-electron chi connectivity index (χ3n) is 15.4. The van der Waals surface area contributed by atoms with Crippen LogP contribution in [0.1, 0.15) is 370 Å². The molecule has 0 nitrogen and oxygen atoms in total. The van der Waals surface area contributed by atoms with E-state index in [0.29, 0.717) is 16.2 Å². The maximum Gasteiger partial charge on any atom is -0.0126 e. The molecule has 9 rings (SSSR count). The predicted molar refractivity (Wildman–Crippen MR) is 504 cm³/mol. The van der Waals surface area contributed by atoms with Gasteiger partial charge in [0.15, 0.2) is 0 Å². The van der Waals surface area contributed by atoms with Crippen molar-refractivity contribution in [3.8, 4) is 22.3 Å². The molecule has 0 aromatic heterocycles. The van der Waals surface area contributed by atoms with Crippen LogP contribution >= 0.6 is 0 Å². The lowest BCUT2D eigenvalue weighted by Gasteiger charge is -2.24. The fourth-order valence-corrected chi connectivity index (χ4v) is 9.85. The zero-order valence-electron chi connectivity index (χ0n) is 78.6. The maximum atomic E-state index is 2.37. The smallest absolute Gasteiger partial charge is 0.0126 e. The van der Waals surface area contributed by atoms with Gasteiger partial charge in [-0.1, -0.05) is 532 Å². The van der Waals surface area contributed by atoms with Crippen molar-refractivity contribution in [1.82, 2.24) is 0 Å². The summed E-state index contributed by atoms with van der Waals surface area (Å²) in [5.41, 5.74) is 19.2. The monoisotopic (exact) mass is 1460 g/mol. The number of benzene rings is 9. The Morgan fingerprint density at radius 1 is 0.168 bits per heavy atom. The maximum absolute atomic E-state index is 2.37. The van der Waals surface area contributed by atoms with Crippen molar-refractivity contribution >= 4 is 21.5 Å². The van der Waals surface area contributed by atoms with Gasteiger partial charge < -0.3 is 0 Å². The van der Waals surface area contributed by atoms with Crippen molar-refractivity contribution in [2.24, 2.45) is 10.8 Å². The molecule has 9 aromatic carbocycles. The number of hydrogen-bond donors (Lipinski definition) is 0. The minimum Gasteiger partial charge on any atom is -0.0776 e. The Morgan fingerprint density at radius 2 is 0.411 bits per heavy atom. The Hall–Kier alpha value is -6.50. The molecule has 9 aromatic rings. The fraction of sp³-hybridized carbons (Fsp3) is 0.533. The van der Waals surface area contributed by atoms with Gasteiger partial charge in [0, 0.05) is 0 Å². The molecular formula is C107H176. The average molecular weight is 1460 g/mol. The van der Waals surface area contributed by atoms with E-state index in [1.807, 2.05) is 96.9 Å². The topological polar surface area (TPSA) is 0 Å². The summed E-state index contributed by atoms with van der Waals surface area (Å²) in [5.74, 6) is 0. The molecule has 107 heavy (non-hydrogen) atoms. The van der Waals surface area contributed by atoms with E-state index >= 15 is 0 Å². The van der Waals surface area contributed by atoms with Crippen molar-refractivity contribution < 1.29 is 0 Å². The van der Waals surface area contributed by atoms with Crippen molar-refractivity contribution in [3.05, 3.63) is 251 Å². The molecule has 0 aliphatic rings. The van der Waals surface area contributed by atoms with Crippen LogP contribution in [-0.2, 0) is 43.3 Å². The Balaban J connectivity index is -0.000000279. The molecule has 0 N–H and O–H groups in total. The van der Waals surface area contributed by atoms with Crippen LogP contribution in [0.4, 0.5) is 0 Å². The highest BCUT2D eigenvalue weighted by molar-refractivity contribution is 5.88. The molecule has 0 saturated carbocycles. The van der Waals surface area contributed by atoms with Crippen LogP contribution in [0.5, 0.6) is 0 Å². The van der Waals surface area contributed by atoms with E-state index in [1.165, 1.54) is 88.3 Å². The van der Waals surface area contributed by atoms with Gasteiger partial charge in [-0.25, -0.2) is 0 Å². The van der Waals surface area contributed by atoms with Crippen LogP contribution < -0.4 is 0 Å². The van der Waals surface area contributed by atoms with Gasteiger partial charge >= 0.3 is 0 Å². The molecule has 0 atom stereocenters. The van der Waals surface area contributed by atoms with E-state index in [4.69, 9.17) is 0 Å². The molecule has 604 valence electrons. The van der Waals surface area contributed by atoms with Crippen LogP contribution in [0.15, 0.2) is 206 Å². The average Bonchev–Trinajstić information content (AvgIpc) is 0.796. The highest BCUT2D eigenvalue weighted by atomic mass is 14.3. The van der Waals surface area contributed by atoms with Crippen molar-refractivity contribution in [1.29, 1.82) is 0 Å². The quantitative estimate of drug-likeness (QED) is 0.162. The van der Waals surface area contributed by atoms with Gasteiger partial charge in [0.1, 0.15) is 0 Å².